The SMILES string of the molecule is [CH2-]N1CCN(Cc2cccc(C)c2)C(=O)C1. The first kappa shape index (κ1) is 11.1. The Morgan fingerprint density at radius 2 is 2.19 bits per heavy atom. The molecule has 1 saturated heterocycles. The summed E-state index contributed by atoms with van der Waals surface area (Å²) in [6, 6.07) is 8.30. The second-order valence-electron chi connectivity index (χ2n) is 4.36. The molecule has 1 aliphatic heterocycles. The largest absolute Gasteiger partial charge is 0.450 e. The minimum atomic E-state index is 0.169. The van der Waals surface area contributed by atoms with Crippen molar-refractivity contribution in [2.45, 2.75) is 13.5 Å². The van der Waals surface area contributed by atoms with Gasteiger partial charge in [0.25, 0.3) is 0 Å². The van der Waals surface area contributed by atoms with Crippen LogP contribution in [0.4, 0.5) is 0 Å². The predicted octanol–water partition coefficient (Wildman–Crippen LogP) is 1.43. The van der Waals surface area contributed by atoms with Crippen molar-refractivity contribution in [2.75, 3.05) is 19.6 Å². The monoisotopic (exact) mass is 217 g/mol. The molecule has 2 rings (SSSR count). The molecular formula is C13H17N2O-. The molecule has 0 unspecified atom stereocenters. The maximum Gasteiger partial charge on any atom is 0.234 e. The van der Waals surface area contributed by atoms with Crippen LogP contribution in [0.2, 0.25) is 0 Å². The summed E-state index contributed by atoms with van der Waals surface area (Å²) < 4.78 is 0. The van der Waals surface area contributed by atoms with Crippen molar-refractivity contribution in [3.63, 3.8) is 0 Å². The van der Waals surface area contributed by atoms with Gasteiger partial charge in [-0.25, -0.2) is 0 Å². The summed E-state index contributed by atoms with van der Waals surface area (Å²) in [6.45, 7) is 4.85. The molecule has 1 fully saturated rings. The van der Waals surface area contributed by atoms with Crippen LogP contribution in [-0.4, -0.2) is 35.3 Å². The van der Waals surface area contributed by atoms with Crippen LogP contribution in [0, 0.1) is 14.0 Å². The van der Waals surface area contributed by atoms with Crippen LogP contribution in [0.3, 0.4) is 0 Å². The van der Waals surface area contributed by atoms with Crippen molar-refractivity contribution in [3.05, 3.63) is 42.4 Å². The lowest BCUT2D eigenvalue weighted by Crippen LogP contribution is -2.47. The van der Waals surface area contributed by atoms with E-state index in [0.717, 1.165) is 13.1 Å². The molecule has 1 heterocycles. The van der Waals surface area contributed by atoms with Gasteiger partial charge in [-0.15, -0.1) is 0 Å². The number of piperazine rings is 1. The van der Waals surface area contributed by atoms with Crippen LogP contribution < -0.4 is 0 Å². The summed E-state index contributed by atoms with van der Waals surface area (Å²) in [7, 11) is 3.79. The highest BCUT2D eigenvalue weighted by molar-refractivity contribution is 5.79. The first-order valence-corrected chi connectivity index (χ1v) is 5.54. The normalized spacial score (nSPS) is 17.9. The molecule has 0 spiro atoms. The van der Waals surface area contributed by atoms with Crippen molar-refractivity contribution < 1.29 is 4.79 Å². The van der Waals surface area contributed by atoms with Crippen molar-refractivity contribution in [2.24, 2.45) is 0 Å². The molecule has 0 aromatic heterocycles. The minimum Gasteiger partial charge on any atom is -0.450 e. The van der Waals surface area contributed by atoms with Crippen molar-refractivity contribution in [3.8, 4) is 0 Å². The van der Waals surface area contributed by atoms with E-state index in [9.17, 15) is 4.79 Å². The third-order valence-corrected chi connectivity index (χ3v) is 2.85. The molecule has 1 aromatic carbocycles. The van der Waals surface area contributed by atoms with Gasteiger partial charge in [0.2, 0.25) is 5.91 Å². The van der Waals surface area contributed by atoms with Gasteiger partial charge in [-0.2, -0.15) is 0 Å². The van der Waals surface area contributed by atoms with Crippen molar-refractivity contribution in [1.29, 1.82) is 0 Å². The zero-order chi connectivity index (χ0) is 11.5. The van der Waals surface area contributed by atoms with Gasteiger partial charge >= 0.3 is 0 Å². The Kier molecular flexibility index (Phi) is 3.25. The highest BCUT2D eigenvalue weighted by Gasteiger charge is 2.18. The fraction of sp³-hybridized carbons (Fsp3) is 0.385. The van der Waals surface area contributed by atoms with E-state index < -0.39 is 0 Å². The molecule has 86 valence electrons. The topological polar surface area (TPSA) is 23.6 Å². The predicted molar refractivity (Wildman–Crippen MR) is 63.5 cm³/mol. The van der Waals surface area contributed by atoms with E-state index in [2.05, 4.69) is 32.2 Å². The van der Waals surface area contributed by atoms with Gasteiger partial charge in [-0.1, -0.05) is 29.8 Å². The van der Waals surface area contributed by atoms with Gasteiger partial charge in [-0.3, -0.25) is 11.8 Å². The van der Waals surface area contributed by atoms with E-state index in [1.165, 1.54) is 11.1 Å². The molecule has 3 heteroatoms. The molecule has 0 aliphatic carbocycles. The average Bonchev–Trinajstić information content (AvgIpc) is 2.22. The molecule has 0 saturated carbocycles. The zero-order valence-electron chi connectivity index (χ0n) is 9.65. The van der Waals surface area contributed by atoms with E-state index in [-0.39, 0.29) is 5.91 Å². The lowest BCUT2D eigenvalue weighted by molar-refractivity contribution is -0.135. The number of carbonyl (C=O) groups excluding carboxylic acids is 1. The minimum absolute atomic E-state index is 0.169. The molecular weight excluding hydrogens is 200 g/mol. The molecule has 3 nitrogen and oxygen atoms in total. The maximum atomic E-state index is 11.7. The second-order valence-corrected chi connectivity index (χ2v) is 4.36. The maximum absolute atomic E-state index is 11.7. The van der Waals surface area contributed by atoms with Gasteiger partial charge < -0.3 is 9.80 Å². The van der Waals surface area contributed by atoms with Crippen LogP contribution in [0.5, 0.6) is 0 Å². The van der Waals surface area contributed by atoms with Crippen LogP contribution >= 0.6 is 0 Å². The lowest BCUT2D eigenvalue weighted by Gasteiger charge is -2.36. The Morgan fingerprint density at radius 3 is 2.88 bits per heavy atom. The number of amides is 1. The molecule has 1 aromatic rings. The van der Waals surface area contributed by atoms with Gasteiger partial charge in [0.1, 0.15) is 0 Å². The lowest BCUT2D eigenvalue weighted by atomic mass is 10.1. The quantitative estimate of drug-likeness (QED) is 0.700. The van der Waals surface area contributed by atoms with Gasteiger partial charge in [0.05, 0.1) is 6.54 Å². The first-order valence-electron chi connectivity index (χ1n) is 5.54. The Bertz CT molecular complexity index is 389. The number of aryl methyl sites for hydroxylation is 1. The Labute approximate surface area is 96.7 Å². The molecule has 0 radical (unpaired) electrons. The van der Waals surface area contributed by atoms with Gasteiger partial charge in [-0.05, 0) is 19.0 Å². The number of rotatable bonds is 2. The number of carbonyl (C=O) groups is 1. The average molecular weight is 217 g/mol. The standard InChI is InChI=1S/C13H17N2O/c1-11-4-3-5-12(8-11)9-15-7-6-14(2)10-13(15)16/h3-5,8H,2,6-7,9-10H2,1H3/q-1. The summed E-state index contributed by atoms with van der Waals surface area (Å²) in [4.78, 5) is 15.5. The summed E-state index contributed by atoms with van der Waals surface area (Å²) in [5.74, 6) is 0.169. The molecule has 0 atom stereocenters. The number of benzene rings is 1. The zero-order valence-corrected chi connectivity index (χ0v) is 9.65. The number of nitrogens with zero attached hydrogens (tertiary/aromatic N) is 2. The van der Waals surface area contributed by atoms with Crippen LogP contribution in [-0.2, 0) is 11.3 Å². The third kappa shape index (κ3) is 2.61. The van der Waals surface area contributed by atoms with Crippen LogP contribution in [0.15, 0.2) is 24.3 Å². The molecule has 16 heavy (non-hydrogen) atoms. The Hall–Kier alpha value is -1.35. The fourth-order valence-electron chi connectivity index (χ4n) is 1.96. The second kappa shape index (κ2) is 4.66. The number of hydrogen-bond donors (Lipinski definition) is 0. The van der Waals surface area contributed by atoms with E-state index in [4.69, 9.17) is 0 Å². The third-order valence-electron chi connectivity index (χ3n) is 2.85. The van der Waals surface area contributed by atoms with Crippen molar-refractivity contribution in [1.82, 2.24) is 9.80 Å². The summed E-state index contributed by atoms with van der Waals surface area (Å²) >= 11 is 0. The van der Waals surface area contributed by atoms with Gasteiger partial charge in [0, 0.05) is 13.1 Å². The summed E-state index contributed by atoms with van der Waals surface area (Å²) in [6.07, 6.45) is 0. The summed E-state index contributed by atoms with van der Waals surface area (Å²) in [5.41, 5.74) is 2.44. The van der Waals surface area contributed by atoms with E-state index >= 15 is 0 Å². The molecule has 0 bridgehead atoms. The van der Waals surface area contributed by atoms with E-state index in [0.29, 0.717) is 13.1 Å². The van der Waals surface area contributed by atoms with Crippen LogP contribution in [0.25, 0.3) is 0 Å². The molecule has 1 aliphatic rings. The first-order chi connectivity index (χ1) is 7.65. The van der Waals surface area contributed by atoms with E-state index in [1.807, 2.05) is 15.9 Å². The van der Waals surface area contributed by atoms with Gasteiger partial charge in [0.15, 0.2) is 0 Å². The summed E-state index contributed by atoms with van der Waals surface area (Å²) in [5, 5.41) is 0. The molecule has 0 N–H and O–H groups in total. The number of hydrogen-bond acceptors (Lipinski definition) is 2. The highest BCUT2D eigenvalue weighted by atomic mass is 16.2. The van der Waals surface area contributed by atoms with Crippen molar-refractivity contribution >= 4 is 5.91 Å². The fourth-order valence-corrected chi connectivity index (χ4v) is 1.96. The molecule has 1 amide bonds. The highest BCUT2D eigenvalue weighted by Crippen LogP contribution is 2.10. The van der Waals surface area contributed by atoms with E-state index in [1.54, 1.807) is 0 Å². The smallest absolute Gasteiger partial charge is 0.234 e. The Morgan fingerprint density at radius 1 is 1.38 bits per heavy atom. The Balaban J connectivity index is 2.02. The van der Waals surface area contributed by atoms with Crippen LogP contribution in [0.1, 0.15) is 11.1 Å².